The first kappa shape index (κ1) is 18.4. The number of aliphatic hydroxyl groups excluding tert-OH is 1. The van der Waals surface area contributed by atoms with Gasteiger partial charge in [-0.1, -0.05) is 18.2 Å². The van der Waals surface area contributed by atoms with Crippen molar-refractivity contribution < 1.29 is 23.0 Å². The largest absolute Gasteiger partial charge is 0.573 e. The molecule has 0 aromatic heterocycles. The quantitative estimate of drug-likeness (QED) is 0.879. The van der Waals surface area contributed by atoms with Crippen molar-refractivity contribution in [3.05, 3.63) is 29.8 Å². The summed E-state index contributed by atoms with van der Waals surface area (Å²) in [5.74, 6) is -0.174. The molecule has 2 saturated heterocycles. The van der Waals surface area contributed by atoms with E-state index in [-0.39, 0.29) is 11.8 Å². The molecular weight excluding hydrogens is 335 g/mol. The topological polar surface area (TPSA) is 39.2 Å². The van der Waals surface area contributed by atoms with Gasteiger partial charge in [-0.25, -0.2) is 0 Å². The Morgan fingerprint density at radius 3 is 2.48 bits per heavy atom. The predicted octanol–water partition coefficient (Wildman–Crippen LogP) is 1.38. The highest BCUT2D eigenvalue weighted by Gasteiger charge is 2.37. The first-order chi connectivity index (χ1) is 11.8. The molecule has 0 saturated carbocycles. The van der Waals surface area contributed by atoms with Crippen molar-refractivity contribution in [1.82, 2.24) is 14.7 Å². The van der Waals surface area contributed by atoms with Crippen LogP contribution >= 0.6 is 0 Å². The third kappa shape index (κ3) is 4.84. The van der Waals surface area contributed by atoms with Gasteiger partial charge < -0.3 is 14.7 Å². The molecule has 0 amide bonds. The molecular formula is C17H24F3N3O2. The number of likely N-dealkylation sites (tertiary alicyclic amines) is 1. The van der Waals surface area contributed by atoms with Crippen molar-refractivity contribution in [2.24, 2.45) is 0 Å². The molecule has 8 heteroatoms. The fourth-order valence-electron chi connectivity index (χ4n) is 3.59. The smallest absolute Gasteiger partial charge is 0.405 e. The van der Waals surface area contributed by atoms with Gasteiger partial charge >= 0.3 is 6.36 Å². The van der Waals surface area contributed by atoms with Crippen LogP contribution in [0.3, 0.4) is 0 Å². The Hall–Kier alpha value is -1.35. The molecule has 140 valence electrons. The summed E-state index contributed by atoms with van der Waals surface area (Å²) >= 11 is 0. The summed E-state index contributed by atoms with van der Waals surface area (Å²) in [7, 11) is 2.08. The fraction of sp³-hybridized carbons (Fsp3) is 0.647. The lowest BCUT2D eigenvalue weighted by molar-refractivity contribution is -0.275. The lowest BCUT2D eigenvalue weighted by atomic mass is 10.1. The van der Waals surface area contributed by atoms with E-state index in [1.54, 1.807) is 12.1 Å². The molecule has 2 aliphatic heterocycles. The van der Waals surface area contributed by atoms with Crippen LogP contribution in [0, 0.1) is 0 Å². The number of hydrogen-bond acceptors (Lipinski definition) is 5. The highest BCUT2D eigenvalue weighted by atomic mass is 19.4. The summed E-state index contributed by atoms with van der Waals surface area (Å²) in [6.07, 6.45) is -5.19. The first-order valence-corrected chi connectivity index (χ1v) is 8.48. The van der Waals surface area contributed by atoms with Crippen molar-refractivity contribution in [2.45, 2.75) is 25.1 Å². The molecule has 2 fully saturated rings. The summed E-state index contributed by atoms with van der Waals surface area (Å²) in [5.41, 5.74) is 0.478. The zero-order chi connectivity index (χ0) is 18.0. The van der Waals surface area contributed by atoms with Crippen molar-refractivity contribution in [3.63, 3.8) is 0 Å². The van der Waals surface area contributed by atoms with E-state index in [0.717, 1.165) is 26.2 Å². The number of benzene rings is 1. The van der Waals surface area contributed by atoms with Gasteiger partial charge in [-0.3, -0.25) is 9.80 Å². The van der Waals surface area contributed by atoms with E-state index < -0.39 is 12.5 Å². The SMILES string of the molecule is CN1CCN([C@H]2CN(Cc3ccccc3OC(F)(F)F)C[C@@H]2O)CC1. The number of rotatable bonds is 4. The number of aliphatic hydroxyl groups is 1. The van der Waals surface area contributed by atoms with Crippen LogP contribution in [0.2, 0.25) is 0 Å². The third-order valence-corrected chi connectivity index (χ3v) is 4.93. The van der Waals surface area contributed by atoms with E-state index in [1.807, 2.05) is 4.90 Å². The number of hydrogen-bond donors (Lipinski definition) is 1. The lowest BCUT2D eigenvalue weighted by Gasteiger charge is -2.37. The number of para-hydroxylation sites is 1. The van der Waals surface area contributed by atoms with Gasteiger partial charge in [0.2, 0.25) is 0 Å². The summed E-state index contributed by atoms with van der Waals surface area (Å²) in [5, 5.41) is 10.4. The van der Waals surface area contributed by atoms with Crippen LogP contribution < -0.4 is 4.74 Å². The van der Waals surface area contributed by atoms with Gasteiger partial charge in [-0.2, -0.15) is 0 Å². The molecule has 0 radical (unpaired) electrons. The highest BCUT2D eigenvalue weighted by molar-refractivity contribution is 5.33. The highest BCUT2D eigenvalue weighted by Crippen LogP contribution is 2.28. The van der Waals surface area contributed by atoms with Crippen LogP contribution in [-0.2, 0) is 6.54 Å². The molecule has 3 rings (SSSR count). The maximum absolute atomic E-state index is 12.5. The number of nitrogens with zero attached hydrogens (tertiary/aromatic N) is 3. The minimum atomic E-state index is -4.71. The fourth-order valence-corrected chi connectivity index (χ4v) is 3.59. The zero-order valence-electron chi connectivity index (χ0n) is 14.2. The van der Waals surface area contributed by atoms with Crippen molar-refractivity contribution in [3.8, 4) is 5.75 Å². The minimum Gasteiger partial charge on any atom is -0.405 e. The Labute approximate surface area is 145 Å². The number of piperazine rings is 1. The minimum absolute atomic E-state index is 0.0318. The van der Waals surface area contributed by atoms with Gasteiger partial charge in [0.15, 0.2) is 0 Å². The summed E-state index contributed by atoms with van der Waals surface area (Å²) in [6, 6.07) is 6.22. The Morgan fingerprint density at radius 2 is 1.80 bits per heavy atom. The maximum Gasteiger partial charge on any atom is 0.573 e. The average molecular weight is 359 g/mol. The molecule has 0 spiro atoms. The molecule has 1 N–H and O–H groups in total. The first-order valence-electron chi connectivity index (χ1n) is 8.48. The van der Waals surface area contributed by atoms with Crippen LogP contribution in [0.25, 0.3) is 0 Å². The monoisotopic (exact) mass is 359 g/mol. The second-order valence-corrected chi connectivity index (χ2v) is 6.82. The normalized spacial score (nSPS) is 26.9. The second kappa shape index (κ2) is 7.49. The van der Waals surface area contributed by atoms with Gasteiger partial charge in [0, 0.05) is 57.4 Å². The van der Waals surface area contributed by atoms with Gasteiger partial charge in [-0.15, -0.1) is 13.2 Å². The molecule has 2 aliphatic rings. The van der Waals surface area contributed by atoms with E-state index in [4.69, 9.17) is 0 Å². The lowest BCUT2D eigenvalue weighted by Crippen LogP contribution is -2.52. The van der Waals surface area contributed by atoms with E-state index in [1.165, 1.54) is 12.1 Å². The van der Waals surface area contributed by atoms with Gasteiger partial charge in [0.1, 0.15) is 5.75 Å². The molecule has 25 heavy (non-hydrogen) atoms. The van der Waals surface area contributed by atoms with E-state index in [2.05, 4.69) is 21.6 Å². The van der Waals surface area contributed by atoms with Crippen LogP contribution in [0.4, 0.5) is 13.2 Å². The molecule has 0 bridgehead atoms. The van der Waals surface area contributed by atoms with Crippen LogP contribution in [-0.4, -0.2) is 84.6 Å². The molecule has 1 aromatic carbocycles. The van der Waals surface area contributed by atoms with Crippen molar-refractivity contribution >= 4 is 0 Å². The number of alkyl halides is 3. The average Bonchev–Trinajstić information content (AvgIpc) is 2.89. The van der Waals surface area contributed by atoms with Gasteiger partial charge in [0.05, 0.1) is 6.10 Å². The van der Waals surface area contributed by atoms with Gasteiger partial charge in [0.25, 0.3) is 0 Å². The summed E-state index contributed by atoms with van der Waals surface area (Å²) in [4.78, 5) is 6.52. The molecule has 1 aromatic rings. The van der Waals surface area contributed by atoms with Crippen LogP contribution in [0.15, 0.2) is 24.3 Å². The van der Waals surface area contributed by atoms with E-state index in [0.29, 0.717) is 25.2 Å². The second-order valence-electron chi connectivity index (χ2n) is 6.82. The van der Waals surface area contributed by atoms with Crippen molar-refractivity contribution in [2.75, 3.05) is 46.3 Å². The Bertz CT molecular complexity index is 577. The van der Waals surface area contributed by atoms with E-state index in [9.17, 15) is 18.3 Å². The van der Waals surface area contributed by atoms with Crippen LogP contribution in [0.1, 0.15) is 5.56 Å². The molecule has 5 nitrogen and oxygen atoms in total. The molecule has 0 unspecified atom stereocenters. The number of ether oxygens (including phenoxy) is 1. The van der Waals surface area contributed by atoms with Crippen LogP contribution in [0.5, 0.6) is 5.75 Å². The summed E-state index contributed by atoms with van der Waals surface area (Å²) < 4.78 is 41.8. The van der Waals surface area contributed by atoms with E-state index >= 15 is 0 Å². The third-order valence-electron chi connectivity index (χ3n) is 4.93. The molecule has 0 aliphatic carbocycles. The number of halogens is 3. The zero-order valence-corrected chi connectivity index (χ0v) is 14.2. The number of likely N-dealkylation sites (N-methyl/N-ethyl adjacent to an activating group) is 1. The molecule has 2 heterocycles. The Balaban J connectivity index is 1.63. The summed E-state index contributed by atoms with van der Waals surface area (Å²) in [6.45, 7) is 5.16. The number of β-amino-alcohol motifs (C(OH)–C–C–N with tert-alkyl or cyclic N) is 1. The maximum atomic E-state index is 12.5. The standard InChI is InChI=1S/C17H24F3N3O2/c1-21-6-8-23(9-7-21)14-11-22(12-15(14)24)10-13-4-2-3-5-16(13)25-17(18,19)20/h2-5,14-15,24H,6-12H2,1H3/t14-,15-/m0/s1. The van der Waals surface area contributed by atoms with Gasteiger partial charge in [-0.05, 0) is 13.1 Å². The Morgan fingerprint density at radius 1 is 1.12 bits per heavy atom. The van der Waals surface area contributed by atoms with Crippen molar-refractivity contribution in [1.29, 1.82) is 0 Å². The molecule has 2 atom stereocenters. The Kier molecular flexibility index (Phi) is 5.52. The predicted molar refractivity (Wildman–Crippen MR) is 87.3 cm³/mol.